The summed E-state index contributed by atoms with van der Waals surface area (Å²) < 4.78 is 37.4. The Morgan fingerprint density at radius 3 is 2.62 bits per heavy atom. The molecule has 0 atom stereocenters. The predicted molar refractivity (Wildman–Crippen MR) is 82.8 cm³/mol. The summed E-state index contributed by atoms with van der Waals surface area (Å²) in [4.78, 5) is 0. The van der Waals surface area contributed by atoms with E-state index in [9.17, 15) is 8.42 Å². The molecule has 0 bridgehead atoms. The Bertz CT molecular complexity index is 681. The quantitative estimate of drug-likeness (QED) is 0.847. The third kappa shape index (κ3) is 3.96. The molecule has 0 spiro atoms. The topological polar surface area (TPSA) is 64.6 Å². The number of nitrogens with one attached hydrogen (secondary N) is 1. The van der Waals surface area contributed by atoms with Crippen LogP contribution in [0.3, 0.4) is 0 Å². The molecular weight excluding hydrogens is 310 g/mol. The molecule has 1 N–H and O–H groups in total. The Labute approximate surface area is 128 Å². The van der Waals surface area contributed by atoms with Crippen molar-refractivity contribution in [3.05, 3.63) is 41.3 Å². The molecule has 0 aliphatic heterocycles. The number of hydrogen-bond acceptors (Lipinski definition) is 5. The van der Waals surface area contributed by atoms with Crippen molar-refractivity contribution in [2.24, 2.45) is 0 Å². The molecule has 1 heterocycles. The Balaban J connectivity index is 2.03. The predicted octanol–water partition coefficient (Wildman–Crippen LogP) is 2.29. The highest BCUT2D eigenvalue weighted by Crippen LogP contribution is 2.24. The number of methoxy groups -OCH3 is 2. The second kappa shape index (κ2) is 6.93. The monoisotopic (exact) mass is 327 g/mol. The number of ether oxygens (including phenoxy) is 2. The van der Waals surface area contributed by atoms with Gasteiger partial charge in [-0.25, -0.2) is 13.1 Å². The van der Waals surface area contributed by atoms with Gasteiger partial charge >= 0.3 is 0 Å². The largest absolute Gasteiger partial charge is 0.497 e. The Morgan fingerprint density at radius 1 is 1.19 bits per heavy atom. The van der Waals surface area contributed by atoms with Crippen LogP contribution in [0.4, 0.5) is 0 Å². The summed E-state index contributed by atoms with van der Waals surface area (Å²) in [7, 11) is -0.253. The van der Waals surface area contributed by atoms with Crippen molar-refractivity contribution in [3.8, 4) is 11.5 Å². The van der Waals surface area contributed by atoms with E-state index in [0.29, 0.717) is 28.7 Å². The van der Waals surface area contributed by atoms with Crippen LogP contribution >= 0.6 is 11.3 Å². The molecule has 2 aromatic rings. The summed E-state index contributed by atoms with van der Waals surface area (Å²) in [6.45, 7) is 0.295. The fourth-order valence-corrected chi connectivity index (χ4v) is 3.95. The second-order valence-corrected chi connectivity index (χ2v) is 7.20. The highest BCUT2D eigenvalue weighted by molar-refractivity contribution is 7.91. The van der Waals surface area contributed by atoms with Crippen LogP contribution in [0.25, 0.3) is 0 Å². The van der Waals surface area contributed by atoms with E-state index in [1.807, 2.05) is 12.1 Å². The van der Waals surface area contributed by atoms with Crippen molar-refractivity contribution >= 4 is 21.4 Å². The molecule has 0 aliphatic rings. The zero-order valence-electron chi connectivity index (χ0n) is 11.8. The first-order chi connectivity index (χ1) is 10.1. The molecule has 2 rings (SSSR count). The van der Waals surface area contributed by atoms with Gasteiger partial charge in [0, 0.05) is 6.54 Å². The molecule has 7 heteroatoms. The van der Waals surface area contributed by atoms with Gasteiger partial charge in [-0.1, -0.05) is 6.07 Å². The van der Waals surface area contributed by atoms with Crippen LogP contribution in [-0.4, -0.2) is 29.2 Å². The van der Waals surface area contributed by atoms with E-state index in [2.05, 4.69) is 4.72 Å². The molecule has 1 aromatic carbocycles. The van der Waals surface area contributed by atoms with Gasteiger partial charge in [0.1, 0.15) is 15.7 Å². The van der Waals surface area contributed by atoms with E-state index in [4.69, 9.17) is 9.47 Å². The standard InChI is InChI=1S/C14H17NO4S2/c1-18-12-5-6-13(19-2)11(10-12)7-8-15-21(16,17)14-4-3-9-20-14/h3-6,9-10,15H,7-8H2,1-2H3. The Kier molecular flexibility index (Phi) is 5.22. The van der Waals surface area contributed by atoms with Crippen LogP contribution in [0, 0.1) is 0 Å². The lowest BCUT2D eigenvalue weighted by Gasteiger charge is -2.11. The Hall–Kier alpha value is -1.57. The molecule has 0 aliphatic carbocycles. The van der Waals surface area contributed by atoms with Gasteiger partial charge in [0.15, 0.2) is 0 Å². The first-order valence-corrected chi connectivity index (χ1v) is 8.67. The van der Waals surface area contributed by atoms with E-state index in [1.165, 1.54) is 11.3 Å². The molecule has 0 radical (unpaired) electrons. The highest BCUT2D eigenvalue weighted by Gasteiger charge is 2.14. The summed E-state index contributed by atoms with van der Waals surface area (Å²) in [5.74, 6) is 1.43. The van der Waals surface area contributed by atoms with Gasteiger partial charge in [-0.15, -0.1) is 11.3 Å². The minimum atomic E-state index is -3.43. The zero-order valence-corrected chi connectivity index (χ0v) is 13.5. The lowest BCUT2D eigenvalue weighted by atomic mass is 10.1. The fourth-order valence-electron chi connectivity index (χ4n) is 1.88. The summed E-state index contributed by atoms with van der Waals surface area (Å²) in [6.07, 6.45) is 0.519. The van der Waals surface area contributed by atoms with Gasteiger partial charge in [-0.05, 0) is 41.6 Å². The second-order valence-electron chi connectivity index (χ2n) is 4.26. The Morgan fingerprint density at radius 2 is 2.00 bits per heavy atom. The smallest absolute Gasteiger partial charge is 0.250 e. The van der Waals surface area contributed by atoms with Gasteiger partial charge in [-0.2, -0.15) is 0 Å². The molecule has 21 heavy (non-hydrogen) atoms. The lowest BCUT2D eigenvalue weighted by molar-refractivity contribution is 0.398. The third-order valence-corrected chi connectivity index (χ3v) is 5.79. The van der Waals surface area contributed by atoms with E-state index < -0.39 is 10.0 Å². The zero-order chi connectivity index (χ0) is 15.3. The van der Waals surface area contributed by atoms with Gasteiger partial charge in [0.05, 0.1) is 14.2 Å². The molecule has 0 amide bonds. The van der Waals surface area contributed by atoms with Crippen molar-refractivity contribution in [3.63, 3.8) is 0 Å². The SMILES string of the molecule is COc1ccc(OC)c(CCNS(=O)(=O)c2cccs2)c1. The van der Waals surface area contributed by atoms with Crippen LogP contribution in [0.2, 0.25) is 0 Å². The van der Waals surface area contributed by atoms with Gasteiger partial charge < -0.3 is 9.47 Å². The highest BCUT2D eigenvalue weighted by atomic mass is 32.2. The van der Waals surface area contributed by atoms with Crippen molar-refractivity contribution in [1.29, 1.82) is 0 Å². The first kappa shape index (κ1) is 15.8. The average molecular weight is 327 g/mol. The van der Waals surface area contributed by atoms with Gasteiger partial charge in [-0.3, -0.25) is 0 Å². The lowest BCUT2D eigenvalue weighted by Crippen LogP contribution is -2.25. The van der Waals surface area contributed by atoms with E-state index in [0.717, 1.165) is 5.56 Å². The third-order valence-electron chi connectivity index (χ3n) is 2.93. The van der Waals surface area contributed by atoms with Crippen LogP contribution in [0.5, 0.6) is 11.5 Å². The molecular formula is C14H17NO4S2. The number of hydrogen-bond donors (Lipinski definition) is 1. The number of thiophene rings is 1. The summed E-state index contributed by atoms with van der Waals surface area (Å²) >= 11 is 1.19. The van der Waals surface area contributed by atoms with Crippen LogP contribution in [0.15, 0.2) is 39.9 Å². The molecule has 5 nitrogen and oxygen atoms in total. The van der Waals surface area contributed by atoms with Crippen molar-refractivity contribution < 1.29 is 17.9 Å². The van der Waals surface area contributed by atoms with E-state index in [-0.39, 0.29) is 0 Å². The van der Waals surface area contributed by atoms with Crippen LogP contribution in [-0.2, 0) is 16.4 Å². The number of benzene rings is 1. The van der Waals surface area contributed by atoms with Crippen LogP contribution in [0.1, 0.15) is 5.56 Å². The molecule has 0 unspecified atom stereocenters. The molecule has 114 valence electrons. The van der Waals surface area contributed by atoms with Crippen molar-refractivity contribution in [1.82, 2.24) is 4.72 Å². The maximum absolute atomic E-state index is 12.0. The van der Waals surface area contributed by atoms with E-state index in [1.54, 1.807) is 37.8 Å². The van der Waals surface area contributed by atoms with Crippen molar-refractivity contribution in [2.75, 3.05) is 20.8 Å². The maximum Gasteiger partial charge on any atom is 0.250 e. The van der Waals surface area contributed by atoms with Crippen molar-refractivity contribution in [2.45, 2.75) is 10.6 Å². The van der Waals surface area contributed by atoms with E-state index >= 15 is 0 Å². The molecule has 0 saturated heterocycles. The summed E-state index contributed by atoms with van der Waals surface area (Å²) in [6, 6.07) is 8.75. The first-order valence-electron chi connectivity index (χ1n) is 6.31. The molecule has 0 fully saturated rings. The number of sulfonamides is 1. The summed E-state index contributed by atoms with van der Waals surface area (Å²) in [5.41, 5.74) is 0.894. The molecule has 1 aromatic heterocycles. The van der Waals surface area contributed by atoms with Gasteiger partial charge in [0.25, 0.3) is 0 Å². The van der Waals surface area contributed by atoms with Gasteiger partial charge in [0.2, 0.25) is 10.0 Å². The summed E-state index contributed by atoms with van der Waals surface area (Å²) in [5, 5.41) is 1.74. The number of rotatable bonds is 7. The normalized spacial score (nSPS) is 11.3. The fraction of sp³-hybridized carbons (Fsp3) is 0.286. The molecule has 0 saturated carbocycles. The maximum atomic E-state index is 12.0. The average Bonchev–Trinajstić information content (AvgIpc) is 3.02. The minimum absolute atomic E-state index is 0.295. The minimum Gasteiger partial charge on any atom is -0.497 e. The van der Waals surface area contributed by atoms with Crippen LogP contribution < -0.4 is 14.2 Å².